The Balaban J connectivity index is 1.68. The van der Waals surface area contributed by atoms with Crippen LogP contribution in [0.15, 0.2) is 132 Å². The highest BCUT2D eigenvalue weighted by molar-refractivity contribution is 6.96. The summed E-state index contributed by atoms with van der Waals surface area (Å²) in [6.07, 6.45) is 7.42. The van der Waals surface area contributed by atoms with E-state index in [2.05, 4.69) is 133 Å². The molecule has 4 aromatic carbocycles. The second-order valence-corrected chi connectivity index (χ2v) is 14.8. The Bertz CT molecular complexity index is 1870. The Labute approximate surface area is 251 Å². The largest absolute Gasteiger partial charge is 0.246 e. The maximum Gasteiger partial charge on any atom is 0.154 e. The van der Waals surface area contributed by atoms with Gasteiger partial charge in [0.25, 0.3) is 0 Å². The zero-order chi connectivity index (χ0) is 29.4. The van der Waals surface area contributed by atoms with Crippen LogP contribution in [0.1, 0.15) is 40.3 Å². The minimum atomic E-state index is -2.29. The summed E-state index contributed by atoms with van der Waals surface area (Å²) in [4.78, 5) is 3.30. The number of rotatable bonds is 4. The SMILES string of the molecule is [C-]#[N+]/C=C/c1ccc(C#CC2=C(c3ccccc3)C(c3ccccc3)=C(C#Cc3ccc(/C=C/C)cc3)[Si]2(C)C)cc1. The lowest BCUT2D eigenvalue weighted by molar-refractivity contribution is 1.58. The van der Waals surface area contributed by atoms with Gasteiger partial charge in [0.2, 0.25) is 0 Å². The van der Waals surface area contributed by atoms with Gasteiger partial charge in [0, 0.05) is 21.5 Å². The lowest BCUT2D eigenvalue weighted by Gasteiger charge is -2.18. The van der Waals surface area contributed by atoms with E-state index >= 15 is 0 Å². The number of benzene rings is 4. The molecule has 0 saturated carbocycles. The summed E-state index contributed by atoms with van der Waals surface area (Å²) in [5, 5.41) is 2.39. The van der Waals surface area contributed by atoms with E-state index in [4.69, 9.17) is 6.57 Å². The normalized spacial score (nSPS) is 14.0. The van der Waals surface area contributed by atoms with Gasteiger partial charge in [-0.15, -0.1) is 0 Å². The van der Waals surface area contributed by atoms with Gasteiger partial charge < -0.3 is 0 Å². The third kappa shape index (κ3) is 6.19. The first kappa shape index (κ1) is 28.2. The van der Waals surface area contributed by atoms with E-state index in [-0.39, 0.29) is 0 Å². The van der Waals surface area contributed by atoms with Gasteiger partial charge in [-0.1, -0.05) is 140 Å². The molecular weight excluding hydrogens is 523 g/mol. The maximum atomic E-state index is 6.98. The summed E-state index contributed by atoms with van der Waals surface area (Å²) in [6.45, 7) is 13.7. The molecule has 0 bridgehead atoms. The monoisotopic (exact) mass is 553 g/mol. The Morgan fingerprint density at radius 1 is 0.571 bits per heavy atom. The molecule has 0 aromatic heterocycles. The molecule has 200 valence electrons. The van der Waals surface area contributed by atoms with Gasteiger partial charge in [-0.3, -0.25) is 0 Å². The molecule has 0 unspecified atom stereocenters. The molecule has 0 atom stereocenters. The summed E-state index contributed by atoms with van der Waals surface area (Å²) in [7, 11) is -2.29. The van der Waals surface area contributed by atoms with Crippen molar-refractivity contribution in [2.24, 2.45) is 0 Å². The average Bonchev–Trinajstić information content (AvgIpc) is 3.25. The smallest absolute Gasteiger partial charge is 0.154 e. The molecule has 1 heterocycles. The third-order valence-corrected chi connectivity index (χ3v) is 10.6. The lowest BCUT2D eigenvalue weighted by atomic mass is 9.91. The Hall–Kier alpha value is -5.33. The van der Waals surface area contributed by atoms with Crippen LogP contribution in [0.4, 0.5) is 0 Å². The van der Waals surface area contributed by atoms with Crippen LogP contribution in [0.25, 0.3) is 28.1 Å². The van der Waals surface area contributed by atoms with Crippen molar-refractivity contribution in [1.82, 2.24) is 0 Å². The van der Waals surface area contributed by atoms with Crippen molar-refractivity contribution in [1.29, 1.82) is 0 Å². The van der Waals surface area contributed by atoms with E-state index in [1.54, 1.807) is 0 Å². The van der Waals surface area contributed by atoms with Crippen molar-refractivity contribution in [3.63, 3.8) is 0 Å². The molecule has 0 N–H and O–H groups in total. The highest BCUT2D eigenvalue weighted by Gasteiger charge is 2.41. The number of hydrogen-bond donors (Lipinski definition) is 0. The minimum Gasteiger partial charge on any atom is -0.246 e. The minimum absolute atomic E-state index is 0.946. The van der Waals surface area contributed by atoms with Gasteiger partial charge in [-0.25, -0.2) is 4.85 Å². The fourth-order valence-corrected chi connectivity index (χ4v) is 7.95. The molecule has 0 spiro atoms. The highest BCUT2D eigenvalue weighted by atomic mass is 28.3. The molecule has 5 rings (SSSR count). The molecular formula is C40H31NSi. The van der Waals surface area contributed by atoms with Gasteiger partial charge in [0.15, 0.2) is 6.20 Å². The fraction of sp³-hybridized carbons (Fsp3) is 0.0750. The van der Waals surface area contributed by atoms with Crippen LogP contribution >= 0.6 is 0 Å². The standard InChI is InChI=1S/C40H31NSi/c1-5-12-31-17-19-32(20-18-31)25-27-37-39(35-13-8-6-9-14-35)40(36-15-10-7-11-16-36)38(42(37,3)4)28-26-33-21-23-34(24-22-33)29-30-41-2/h5-24,29-30H,1,3-4H3/b12-5+,30-29+. The molecule has 1 aliphatic rings. The molecule has 0 radical (unpaired) electrons. The van der Waals surface area contributed by atoms with Crippen molar-refractivity contribution in [3.8, 4) is 23.7 Å². The van der Waals surface area contributed by atoms with E-state index in [1.807, 2.05) is 43.3 Å². The van der Waals surface area contributed by atoms with Crippen LogP contribution in [0.5, 0.6) is 0 Å². The summed E-state index contributed by atoms with van der Waals surface area (Å²) < 4.78 is 0. The van der Waals surface area contributed by atoms with Crippen molar-refractivity contribution in [3.05, 3.63) is 177 Å². The van der Waals surface area contributed by atoms with Crippen molar-refractivity contribution in [2.75, 3.05) is 0 Å². The first-order valence-corrected chi connectivity index (χ1v) is 17.0. The van der Waals surface area contributed by atoms with Gasteiger partial charge in [0.05, 0.1) is 6.57 Å². The quantitative estimate of drug-likeness (QED) is 0.135. The Morgan fingerprint density at radius 3 is 1.40 bits per heavy atom. The zero-order valence-corrected chi connectivity index (χ0v) is 25.1. The number of nitrogens with zero attached hydrogens (tertiary/aromatic N) is 1. The Kier molecular flexibility index (Phi) is 8.66. The van der Waals surface area contributed by atoms with Crippen LogP contribution in [0, 0.1) is 30.3 Å². The fourth-order valence-electron chi connectivity index (χ4n) is 5.16. The van der Waals surface area contributed by atoms with E-state index in [0.29, 0.717) is 0 Å². The van der Waals surface area contributed by atoms with Crippen LogP contribution in [0.3, 0.4) is 0 Å². The molecule has 0 aliphatic carbocycles. The first-order chi connectivity index (χ1) is 20.5. The van der Waals surface area contributed by atoms with Crippen LogP contribution in [0.2, 0.25) is 13.1 Å². The van der Waals surface area contributed by atoms with Gasteiger partial charge >= 0.3 is 0 Å². The molecule has 4 aromatic rings. The van der Waals surface area contributed by atoms with E-state index in [0.717, 1.165) is 27.8 Å². The average molecular weight is 554 g/mol. The van der Waals surface area contributed by atoms with Gasteiger partial charge in [-0.05, 0) is 64.6 Å². The Morgan fingerprint density at radius 2 is 1.00 bits per heavy atom. The summed E-state index contributed by atoms with van der Waals surface area (Å²) in [6, 6.07) is 37.7. The topological polar surface area (TPSA) is 4.36 Å². The molecule has 0 saturated heterocycles. The van der Waals surface area contributed by atoms with Gasteiger partial charge in [-0.2, -0.15) is 0 Å². The molecule has 1 nitrogen and oxygen atoms in total. The van der Waals surface area contributed by atoms with Crippen LogP contribution in [-0.4, -0.2) is 8.07 Å². The molecule has 0 fully saturated rings. The van der Waals surface area contributed by atoms with E-state index in [1.165, 1.54) is 33.3 Å². The van der Waals surface area contributed by atoms with Crippen molar-refractivity contribution in [2.45, 2.75) is 20.0 Å². The van der Waals surface area contributed by atoms with Crippen molar-refractivity contribution >= 4 is 31.4 Å². The zero-order valence-electron chi connectivity index (χ0n) is 24.1. The number of allylic oxidation sites excluding steroid dienone is 5. The van der Waals surface area contributed by atoms with Crippen molar-refractivity contribution < 1.29 is 0 Å². The molecule has 2 heteroatoms. The molecule has 0 amide bonds. The predicted octanol–water partition coefficient (Wildman–Crippen LogP) is 9.72. The van der Waals surface area contributed by atoms with Crippen LogP contribution < -0.4 is 0 Å². The third-order valence-electron chi connectivity index (χ3n) is 7.31. The van der Waals surface area contributed by atoms with Gasteiger partial charge in [0.1, 0.15) is 8.07 Å². The summed E-state index contributed by atoms with van der Waals surface area (Å²) in [5.74, 6) is 14.3. The summed E-state index contributed by atoms with van der Waals surface area (Å²) in [5.41, 5.74) is 8.81. The second-order valence-electron chi connectivity index (χ2n) is 10.5. The molecule has 42 heavy (non-hydrogen) atoms. The molecule has 1 aliphatic heterocycles. The maximum absolute atomic E-state index is 6.98. The summed E-state index contributed by atoms with van der Waals surface area (Å²) >= 11 is 0. The van der Waals surface area contributed by atoms with E-state index in [9.17, 15) is 0 Å². The second kappa shape index (κ2) is 12.9. The number of hydrogen-bond acceptors (Lipinski definition) is 0. The predicted molar refractivity (Wildman–Crippen MR) is 181 cm³/mol. The van der Waals surface area contributed by atoms with Crippen LogP contribution in [-0.2, 0) is 0 Å². The highest BCUT2D eigenvalue weighted by Crippen LogP contribution is 2.48. The first-order valence-electron chi connectivity index (χ1n) is 14.0. The lowest BCUT2D eigenvalue weighted by Crippen LogP contribution is -2.29. The van der Waals surface area contributed by atoms with E-state index < -0.39 is 8.07 Å².